The van der Waals surface area contributed by atoms with Crippen LogP contribution in [-0.4, -0.2) is 19.5 Å². The number of hydrogen-bond donors (Lipinski definition) is 0. The quantitative estimate of drug-likeness (QED) is 0.185. The van der Waals surface area contributed by atoms with Crippen molar-refractivity contribution in [1.82, 2.24) is 19.5 Å². The zero-order valence-electron chi connectivity index (χ0n) is 27.1. The maximum atomic E-state index is 5.27. The van der Waals surface area contributed by atoms with Crippen LogP contribution in [0.3, 0.4) is 0 Å². The van der Waals surface area contributed by atoms with Gasteiger partial charge in [0.1, 0.15) is 0 Å². The third-order valence-electron chi connectivity index (χ3n) is 9.87. The van der Waals surface area contributed by atoms with Gasteiger partial charge in [-0.3, -0.25) is 0 Å². The Morgan fingerprint density at radius 2 is 1.00 bits per heavy atom. The van der Waals surface area contributed by atoms with Crippen molar-refractivity contribution in [2.75, 3.05) is 0 Å². The largest absolute Gasteiger partial charge is 0.309 e. The summed E-state index contributed by atoms with van der Waals surface area (Å²) in [6.07, 6.45) is 0. The molecular weight excluding hydrogens is 661 g/mol. The van der Waals surface area contributed by atoms with E-state index in [-0.39, 0.29) is 0 Å². The van der Waals surface area contributed by atoms with E-state index < -0.39 is 0 Å². The minimum absolute atomic E-state index is 0.666. The van der Waals surface area contributed by atoms with Crippen LogP contribution in [-0.2, 0) is 0 Å². The predicted molar refractivity (Wildman–Crippen MR) is 216 cm³/mol. The van der Waals surface area contributed by atoms with E-state index in [1.807, 2.05) is 29.5 Å². The molecule has 0 unspecified atom stereocenters. The van der Waals surface area contributed by atoms with Crippen molar-refractivity contribution in [1.29, 1.82) is 0 Å². The maximum absolute atomic E-state index is 5.27. The Bertz CT molecular complexity index is 3100. The van der Waals surface area contributed by atoms with Gasteiger partial charge in [-0.2, -0.15) is 0 Å². The molecule has 0 saturated heterocycles. The van der Waals surface area contributed by atoms with E-state index in [4.69, 9.17) is 15.0 Å². The summed E-state index contributed by atoms with van der Waals surface area (Å²) in [4.78, 5) is 15.6. The van der Waals surface area contributed by atoms with E-state index in [1.54, 1.807) is 11.3 Å². The van der Waals surface area contributed by atoms with Crippen LogP contribution >= 0.6 is 22.7 Å². The summed E-state index contributed by atoms with van der Waals surface area (Å²) in [6, 6.07) is 56.0. The Kier molecular flexibility index (Phi) is 6.26. The molecule has 51 heavy (non-hydrogen) atoms. The smallest absolute Gasteiger partial charge is 0.165 e. The first-order valence-corrected chi connectivity index (χ1v) is 18.6. The van der Waals surface area contributed by atoms with Gasteiger partial charge in [0.2, 0.25) is 0 Å². The van der Waals surface area contributed by atoms with Gasteiger partial charge in [0, 0.05) is 73.5 Å². The van der Waals surface area contributed by atoms with E-state index in [9.17, 15) is 0 Å². The summed E-state index contributed by atoms with van der Waals surface area (Å²) in [7, 11) is 0. The molecule has 0 atom stereocenters. The molecule has 0 amide bonds. The number of benzene rings is 7. The second kappa shape index (κ2) is 11.2. The fourth-order valence-corrected chi connectivity index (χ4v) is 9.97. The highest BCUT2D eigenvalue weighted by atomic mass is 32.1. The lowest BCUT2D eigenvalue weighted by Gasteiger charge is -2.10. The van der Waals surface area contributed by atoms with Crippen molar-refractivity contribution in [3.8, 4) is 39.9 Å². The molecule has 7 aromatic carbocycles. The molecule has 4 nitrogen and oxygen atoms in total. The van der Waals surface area contributed by atoms with Crippen molar-refractivity contribution in [2.24, 2.45) is 0 Å². The lowest BCUT2D eigenvalue weighted by atomic mass is 10.0. The van der Waals surface area contributed by atoms with Crippen molar-refractivity contribution in [3.63, 3.8) is 0 Å². The molecule has 11 aromatic rings. The highest BCUT2D eigenvalue weighted by Gasteiger charge is 2.20. The Balaban J connectivity index is 1.14. The van der Waals surface area contributed by atoms with E-state index in [0.29, 0.717) is 17.5 Å². The Labute approximate surface area is 300 Å². The summed E-state index contributed by atoms with van der Waals surface area (Å²) < 4.78 is 7.26. The average molecular weight is 687 g/mol. The van der Waals surface area contributed by atoms with E-state index in [2.05, 4.69) is 144 Å². The summed E-state index contributed by atoms with van der Waals surface area (Å²) in [5.74, 6) is 2.02. The molecule has 0 N–H and O–H groups in total. The minimum Gasteiger partial charge on any atom is -0.309 e. The first-order chi connectivity index (χ1) is 25.3. The number of hydrogen-bond acceptors (Lipinski definition) is 5. The third kappa shape index (κ3) is 4.40. The van der Waals surface area contributed by atoms with Gasteiger partial charge >= 0.3 is 0 Å². The monoisotopic (exact) mass is 686 g/mol. The molecule has 0 spiro atoms. The van der Waals surface area contributed by atoms with Gasteiger partial charge in [0.25, 0.3) is 0 Å². The fourth-order valence-electron chi connectivity index (χ4n) is 7.60. The molecule has 11 rings (SSSR count). The fraction of sp³-hybridized carbons (Fsp3) is 0. The van der Waals surface area contributed by atoms with Crippen LogP contribution in [0.2, 0.25) is 0 Å². The first-order valence-electron chi connectivity index (χ1n) is 16.9. The van der Waals surface area contributed by atoms with E-state index >= 15 is 0 Å². The van der Waals surface area contributed by atoms with Gasteiger partial charge in [-0.1, -0.05) is 115 Å². The second-order valence-electron chi connectivity index (χ2n) is 12.8. The summed E-state index contributed by atoms with van der Waals surface area (Å²) >= 11 is 3.61. The van der Waals surface area contributed by atoms with Crippen LogP contribution in [0.25, 0.3) is 102 Å². The van der Waals surface area contributed by atoms with Crippen LogP contribution in [0, 0.1) is 0 Å². The maximum Gasteiger partial charge on any atom is 0.165 e. The molecule has 238 valence electrons. The van der Waals surface area contributed by atoms with Crippen LogP contribution in [0.15, 0.2) is 158 Å². The Morgan fingerprint density at radius 1 is 0.392 bits per heavy atom. The van der Waals surface area contributed by atoms with Crippen LogP contribution in [0.4, 0.5) is 0 Å². The van der Waals surface area contributed by atoms with Gasteiger partial charge < -0.3 is 4.57 Å². The molecule has 4 heterocycles. The van der Waals surface area contributed by atoms with Gasteiger partial charge in [-0.25, -0.2) is 15.0 Å². The van der Waals surface area contributed by atoms with E-state index in [0.717, 1.165) is 22.4 Å². The molecule has 0 bridgehead atoms. The van der Waals surface area contributed by atoms with Crippen LogP contribution < -0.4 is 0 Å². The standard InChI is InChI=1S/C45H26N4S2/c1-2-12-27(13-3-1)43-46-44(48-45(47-43)35-19-10-17-32-31-16-6-9-22-38(31)51-42(32)35)34-18-11-23-39-41(34)33-25-24-28(26-40(33)50-39)49-36-20-7-4-14-29(36)30-15-5-8-21-37(30)49/h1-26H. The van der Waals surface area contributed by atoms with Gasteiger partial charge in [-0.15, -0.1) is 22.7 Å². The molecule has 0 aliphatic heterocycles. The van der Waals surface area contributed by atoms with Crippen molar-refractivity contribution in [3.05, 3.63) is 158 Å². The Hall–Kier alpha value is -6.21. The van der Waals surface area contributed by atoms with Crippen molar-refractivity contribution < 1.29 is 0 Å². The number of para-hydroxylation sites is 2. The number of aromatic nitrogens is 4. The summed E-state index contributed by atoms with van der Waals surface area (Å²) in [6.45, 7) is 0. The topological polar surface area (TPSA) is 43.6 Å². The molecule has 0 fully saturated rings. The van der Waals surface area contributed by atoms with Crippen molar-refractivity contribution in [2.45, 2.75) is 0 Å². The molecular formula is C45H26N4S2. The number of thiophene rings is 2. The second-order valence-corrected chi connectivity index (χ2v) is 14.9. The minimum atomic E-state index is 0.666. The Morgan fingerprint density at radius 3 is 1.80 bits per heavy atom. The highest BCUT2D eigenvalue weighted by Crippen LogP contribution is 2.43. The van der Waals surface area contributed by atoms with Gasteiger partial charge in [-0.05, 0) is 42.5 Å². The number of rotatable bonds is 4. The van der Waals surface area contributed by atoms with Gasteiger partial charge in [0.05, 0.1) is 11.0 Å². The molecule has 4 aromatic heterocycles. The molecule has 0 radical (unpaired) electrons. The third-order valence-corrected chi connectivity index (χ3v) is 12.2. The molecule has 0 aliphatic carbocycles. The SMILES string of the molecule is c1ccc(-c2nc(-c3cccc4c3sc3ccccc34)nc(-c3cccc4sc5cc(-n6c7ccccc7c7ccccc76)ccc5c34)n2)cc1. The van der Waals surface area contributed by atoms with E-state index in [1.165, 1.54) is 62.2 Å². The number of fused-ring (bicyclic) bond motifs is 9. The predicted octanol–water partition coefficient (Wildman–Crippen LogP) is 12.7. The molecule has 0 aliphatic rings. The van der Waals surface area contributed by atoms with Crippen LogP contribution in [0.5, 0.6) is 0 Å². The number of nitrogens with zero attached hydrogens (tertiary/aromatic N) is 4. The molecule has 0 saturated carbocycles. The zero-order valence-corrected chi connectivity index (χ0v) is 28.7. The average Bonchev–Trinajstić information content (AvgIpc) is 3.87. The summed E-state index contributed by atoms with van der Waals surface area (Å²) in [5.41, 5.74) is 6.56. The van der Waals surface area contributed by atoms with Crippen LogP contribution in [0.1, 0.15) is 0 Å². The van der Waals surface area contributed by atoms with Gasteiger partial charge in [0.15, 0.2) is 17.5 Å². The summed E-state index contributed by atoms with van der Waals surface area (Å²) in [5, 5.41) is 7.37. The highest BCUT2D eigenvalue weighted by molar-refractivity contribution is 7.26. The normalized spacial score (nSPS) is 11.9. The van der Waals surface area contributed by atoms with Crippen molar-refractivity contribution >= 4 is 84.8 Å². The first kappa shape index (κ1) is 28.6. The lowest BCUT2D eigenvalue weighted by Crippen LogP contribution is -2.00. The lowest BCUT2D eigenvalue weighted by molar-refractivity contribution is 1.08. The molecule has 6 heteroatoms. The zero-order chi connectivity index (χ0) is 33.5.